The summed E-state index contributed by atoms with van der Waals surface area (Å²) in [6, 6.07) is 7.52. The predicted molar refractivity (Wildman–Crippen MR) is 69.3 cm³/mol. The molecule has 0 aliphatic carbocycles. The summed E-state index contributed by atoms with van der Waals surface area (Å²) >= 11 is 1.67. The van der Waals surface area contributed by atoms with E-state index in [-0.39, 0.29) is 5.91 Å². The van der Waals surface area contributed by atoms with Gasteiger partial charge in [0.05, 0.1) is 0 Å². The van der Waals surface area contributed by atoms with E-state index in [0.717, 1.165) is 12.1 Å². The number of hydrogen-bond donors (Lipinski definition) is 1. The summed E-state index contributed by atoms with van der Waals surface area (Å²) in [6.07, 6.45) is 0.862. The maximum atomic E-state index is 11.8. The highest BCUT2D eigenvalue weighted by Gasteiger charge is 2.05. The molecule has 0 aliphatic heterocycles. The molecule has 2 rings (SSSR count). The number of pyridine rings is 1. The molecule has 2 aromatic heterocycles. The van der Waals surface area contributed by atoms with Gasteiger partial charge in [0, 0.05) is 12.2 Å². The van der Waals surface area contributed by atoms with Crippen molar-refractivity contribution in [3.63, 3.8) is 0 Å². The molecule has 0 unspecified atom stereocenters. The van der Waals surface area contributed by atoms with Gasteiger partial charge in [0.1, 0.15) is 5.69 Å². The Morgan fingerprint density at radius 1 is 1.41 bits per heavy atom. The van der Waals surface area contributed by atoms with Crippen molar-refractivity contribution in [2.75, 3.05) is 6.54 Å². The molecule has 1 amide bonds. The Bertz CT molecular complexity index is 494. The van der Waals surface area contributed by atoms with E-state index in [1.54, 1.807) is 17.4 Å². The fourth-order valence-corrected chi connectivity index (χ4v) is 2.22. The number of aromatic nitrogens is 1. The smallest absolute Gasteiger partial charge is 0.269 e. The van der Waals surface area contributed by atoms with E-state index in [1.165, 1.54) is 5.56 Å². The van der Waals surface area contributed by atoms with Crippen LogP contribution in [0.2, 0.25) is 0 Å². The number of nitrogens with one attached hydrogen (secondary N) is 1. The number of carbonyl (C=O) groups is 1. The fourth-order valence-electron chi connectivity index (χ4n) is 1.52. The zero-order valence-electron chi connectivity index (χ0n) is 9.64. The Hall–Kier alpha value is -1.68. The van der Waals surface area contributed by atoms with Crippen LogP contribution in [0.25, 0.3) is 0 Å². The largest absolute Gasteiger partial charge is 0.350 e. The highest BCUT2D eigenvalue weighted by Crippen LogP contribution is 2.05. The van der Waals surface area contributed by atoms with Gasteiger partial charge in [-0.15, -0.1) is 0 Å². The normalized spacial score (nSPS) is 10.2. The summed E-state index contributed by atoms with van der Waals surface area (Å²) in [4.78, 5) is 15.9. The number of amides is 1. The molecule has 0 bridgehead atoms. The number of rotatable bonds is 4. The zero-order chi connectivity index (χ0) is 12.1. The Morgan fingerprint density at radius 3 is 3.00 bits per heavy atom. The molecule has 2 aromatic rings. The third kappa shape index (κ3) is 3.39. The van der Waals surface area contributed by atoms with E-state index in [4.69, 9.17) is 0 Å². The van der Waals surface area contributed by atoms with Crippen molar-refractivity contribution in [2.45, 2.75) is 13.3 Å². The van der Waals surface area contributed by atoms with Gasteiger partial charge in [-0.25, -0.2) is 4.98 Å². The molecule has 2 heterocycles. The molecular weight excluding hydrogens is 232 g/mol. The molecule has 1 N–H and O–H groups in total. The molecule has 88 valence electrons. The number of thiophene rings is 1. The van der Waals surface area contributed by atoms with Crippen LogP contribution in [0.5, 0.6) is 0 Å². The second kappa shape index (κ2) is 5.59. The highest BCUT2D eigenvalue weighted by atomic mass is 32.1. The molecular formula is C13H14N2OS. The minimum atomic E-state index is -0.107. The number of carbonyl (C=O) groups excluding carboxylic acids is 1. The monoisotopic (exact) mass is 246 g/mol. The molecule has 0 fully saturated rings. The topological polar surface area (TPSA) is 42.0 Å². The zero-order valence-corrected chi connectivity index (χ0v) is 10.5. The van der Waals surface area contributed by atoms with E-state index < -0.39 is 0 Å². The predicted octanol–water partition coefficient (Wildman–Crippen LogP) is 2.42. The van der Waals surface area contributed by atoms with Crippen LogP contribution in [-0.4, -0.2) is 17.4 Å². The van der Waals surface area contributed by atoms with Crippen LogP contribution in [0, 0.1) is 6.92 Å². The summed E-state index contributed by atoms with van der Waals surface area (Å²) in [5.41, 5.74) is 2.60. The molecule has 0 aliphatic rings. The first-order chi connectivity index (χ1) is 8.25. The third-order valence-electron chi connectivity index (χ3n) is 2.40. The summed E-state index contributed by atoms with van der Waals surface area (Å²) in [7, 11) is 0. The van der Waals surface area contributed by atoms with Crippen LogP contribution >= 0.6 is 11.3 Å². The average Bonchev–Trinajstić information content (AvgIpc) is 2.82. The first kappa shape index (κ1) is 11.8. The van der Waals surface area contributed by atoms with Crippen molar-refractivity contribution in [1.82, 2.24) is 10.3 Å². The van der Waals surface area contributed by atoms with E-state index in [1.807, 2.05) is 24.4 Å². The molecule has 0 aromatic carbocycles. The SMILES string of the molecule is Cc1cccc(C(=O)NCCc2ccsc2)n1. The van der Waals surface area contributed by atoms with E-state index in [0.29, 0.717) is 12.2 Å². The van der Waals surface area contributed by atoms with Gasteiger partial charge in [-0.1, -0.05) is 6.07 Å². The van der Waals surface area contributed by atoms with Crippen molar-refractivity contribution in [1.29, 1.82) is 0 Å². The Labute approximate surface area is 105 Å². The van der Waals surface area contributed by atoms with Crippen molar-refractivity contribution >= 4 is 17.2 Å². The molecule has 3 nitrogen and oxygen atoms in total. The fraction of sp³-hybridized carbons (Fsp3) is 0.231. The van der Waals surface area contributed by atoms with Crippen LogP contribution < -0.4 is 5.32 Å². The minimum Gasteiger partial charge on any atom is -0.350 e. The van der Waals surface area contributed by atoms with Crippen molar-refractivity contribution in [3.8, 4) is 0 Å². The van der Waals surface area contributed by atoms with Crippen LogP contribution in [0.3, 0.4) is 0 Å². The van der Waals surface area contributed by atoms with Crippen LogP contribution in [-0.2, 0) is 6.42 Å². The molecule has 0 atom stereocenters. The minimum absolute atomic E-state index is 0.107. The molecule has 0 spiro atoms. The Kier molecular flexibility index (Phi) is 3.88. The lowest BCUT2D eigenvalue weighted by Gasteiger charge is -2.04. The standard InChI is InChI=1S/C13H14N2OS/c1-10-3-2-4-12(15-10)13(16)14-7-5-11-6-8-17-9-11/h2-4,6,8-9H,5,7H2,1H3,(H,14,16). The van der Waals surface area contributed by atoms with Crippen LogP contribution in [0.1, 0.15) is 21.7 Å². The molecule has 0 radical (unpaired) electrons. The molecule has 0 saturated carbocycles. The Morgan fingerprint density at radius 2 is 2.29 bits per heavy atom. The lowest BCUT2D eigenvalue weighted by molar-refractivity contribution is 0.0949. The summed E-state index contributed by atoms with van der Waals surface area (Å²) in [6.45, 7) is 2.52. The first-order valence-corrected chi connectivity index (χ1v) is 6.43. The van der Waals surface area contributed by atoms with E-state index >= 15 is 0 Å². The Balaban J connectivity index is 1.85. The van der Waals surface area contributed by atoms with Crippen molar-refractivity contribution in [3.05, 3.63) is 52.0 Å². The summed E-state index contributed by atoms with van der Waals surface area (Å²) < 4.78 is 0. The van der Waals surface area contributed by atoms with E-state index in [2.05, 4.69) is 21.7 Å². The van der Waals surface area contributed by atoms with Gasteiger partial charge >= 0.3 is 0 Å². The van der Waals surface area contributed by atoms with Gasteiger partial charge in [-0.2, -0.15) is 11.3 Å². The number of aryl methyl sites for hydroxylation is 1. The van der Waals surface area contributed by atoms with Gasteiger partial charge in [-0.3, -0.25) is 4.79 Å². The molecule has 17 heavy (non-hydrogen) atoms. The number of hydrogen-bond acceptors (Lipinski definition) is 3. The van der Waals surface area contributed by atoms with Crippen molar-refractivity contribution in [2.24, 2.45) is 0 Å². The lowest BCUT2D eigenvalue weighted by Crippen LogP contribution is -2.26. The van der Waals surface area contributed by atoms with Gasteiger partial charge in [0.25, 0.3) is 5.91 Å². The van der Waals surface area contributed by atoms with Gasteiger partial charge in [-0.05, 0) is 47.9 Å². The molecule has 4 heteroatoms. The summed E-state index contributed by atoms with van der Waals surface area (Å²) in [5.74, 6) is -0.107. The van der Waals surface area contributed by atoms with Crippen LogP contribution in [0.4, 0.5) is 0 Å². The average molecular weight is 246 g/mol. The quantitative estimate of drug-likeness (QED) is 0.900. The van der Waals surface area contributed by atoms with Gasteiger partial charge < -0.3 is 5.32 Å². The maximum absolute atomic E-state index is 11.8. The first-order valence-electron chi connectivity index (χ1n) is 5.48. The van der Waals surface area contributed by atoms with Gasteiger partial charge in [0.2, 0.25) is 0 Å². The lowest BCUT2D eigenvalue weighted by atomic mass is 10.2. The van der Waals surface area contributed by atoms with Crippen molar-refractivity contribution < 1.29 is 4.79 Å². The maximum Gasteiger partial charge on any atom is 0.269 e. The third-order valence-corrected chi connectivity index (χ3v) is 3.13. The highest BCUT2D eigenvalue weighted by molar-refractivity contribution is 7.07. The number of nitrogens with zero attached hydrogens (tertiary/aromatic N) is 1. The van der Waals surface area contributed by atoms with Gasteiger partial charge in [0.15, 0.2) is 0 Å². The second-order valence-electron chi connectivity index (χ2n) is 3.80. The molecule has 0 saturated heterocycles. The second-order valence-corrected chi connectivity index (χ2v) is 4.58. The van der Waals surface area contributed by atoms with Crippen LogP contribution in [0.15, 0.2) is 35.0 Å². The van der Waals surface area contributed by atoms with E-state index in [9.17, 15) is 4.79 Å². The summed E-state index contributed by atoms with van der Waals surface area (Å²) in [5, 5.41) is 7.00.